The quantitative estimate of drug-likeness (QED) is 0.817. The van der Waals surface area contributed by atoms with E-state index in [0.29, 0.717) is 18.2 Å². The van der Waals surface area contributed by atoms with Crippen LogP contribution in [0.5, 0.6) is 0 Å². The van der Waals surface area contributed by atoms with E-state index >= 15 is 0 Å². The van der Waals surface area contributed by atoms with Gasteiger partial charge in [-0.15, -0.1) is 11.3 Å². The van der Waals surface area contributed by atoms with Crippen molar-refractivity contribution in [3.63, 3.8) is 0 Å². The predicted molar refractivity (Wildman–Crippen MR) is 74.6 cm³/mol. The van der Waals surface area contributed by atoms with Gasteiger partial charge in [-0.3, -0.25) is 0 Å². The van der Waals surface area contributed by atoms with Gasteiger partial charge in [0, 0.05) is 29.3 Å². The van der Waals surface area contributed by atoms with Crippen molar-refractivity contribution in [1.82, 2.24) is 5.32 Å². The van der Waals surface area contributed by atoms with Gasteiger partial charge in [0.15, 0.2) is 0 Å². The van der Waals surface area contributed by atoms with Crippen LogP contribution in [0.2, 0.25) is 0 Å². The van der Waals surface area contributed by atoms with Crippen LogP contribution in [0.15, 0.2) is 34.3 Å². The maximum absolute atomic E-state index is 10.8. The Kier molecular flexibility index (Phi) is 4.76. The van der Waals surface area contributed by atoms with Crippen LogP contribution in [0.4, 0.5) is 0 Å². The molecular formula is C14H17NO3S. The van der Waals surface area contributed by atoms with Crippen LogP contribution < -0.4 is 5.32 Å². The molecule has 1 atom stereocenters. The lowest BCUT2D eigenvalue weighted by Crippen LogP contribution is -2.25. The minimum absolute atomic E-state index is 0.362. The number of thiophene rings is 1. The summed E-state index contributed by atoms with van der Waals surface area (Å²) in [6.07, 6.45) is 3.59. The number of carboxylic acids is 1. The van der Waals surface area contributed by atoms with Gasteiger partial charge in [0.1, 0.15) is 5.76 Å². The van der Waals surface area contributed by atoms with Crippen LogP contribution >= 0.6 is 11.3 Å². The lowest BCUT2D eigenvalue weighted by atomic mass is 10.1. The van der Waals surface area contributed by atoms with Crippen molar-refractivity contribution in [3.05, 3.63) is 46.0 Å². The standard InChI is InChI=1S/C14H17NO3S/c1-10(4-5-12-3-2-6-18-12)15-8-13-7-11(9-19-13)14(16)17/h2-3,6-7,9-10,15H,4-5,8H2,1H3,(H,16,17). The zero-order valence-corrected chi connectivity index (χ0v) is 11.6. The normalized spacial score (nSPS) is 12.5. The third-order valence-electron chi connectivity index (χ3n) is 2.93. The van der Waals surface area contributed by atoms with Crippen LogP contribution in [0, 0.1) is 0 Å². The fourth-order valence-corrected chi connectivity index (χ4v) is 2.58. The predicted octanol–water partition coefficient (Wildman–Crippen LogP) is 3.15. The highest BCUT2D eigenvalue weighted by Crippen LogP contribution is 2.15. The molecule has 0 bridgehead atoms. The number of hydrogen-bond donors (Lipinski definition) is 2. The van der Waals surface area contributed by atoms with Crippen LogP contribution in [-0.4, -0.2) is 17.1 Å². The summed E-state index contributed by atoms with van der Waals surface area (Å²) in [5.74, 6) is 0.131. The lowest BCUT2D eigenvalue weighted by Gasteiger charge is -2.11. The zero-order chi connectivity index (χ0) is 13.7. The SMILES string of the molecule is CC(CCc1ccco1)NCc1cc(C(=O)O)cs1. The molecule has 2 heterocycles. The molecule has 0 spiro atoms. The number of rotatable bonds is 7. The second kappa shape index (κ2) is 6.54. The van der Waals surface area contributed by atoms with E-state index in [1.165, 1.54) is 11.3 Å². The van der Waals surface area contributed by atoms with Gasteiger partial charge in [-0.1, -0.05) is 0 Å². The van der Waals surface area contributed by atoms with Gasteiger partial charge < -0.3 is 14.8 Å². The Morgan fingerprint density at radius 2 is 2.42 bits per heavy atom. The Balaban J connectivity index is 1.73. The third-order valence-corrected chi connectivity index (χ3v) is 3.87. The molecule has 0 aliphatic heterocycles. The summed E-state index contributed by atoms with van der Waals surface area (Å²) in [6.45, 7) is 2.83. The van der Waals surface area contributed by atoms with E-state index in [0.717, 1.165) is 23.5 Å². The van der Waals surface area contributed by atoms with E-state index in [9.17, 15) is 4.79 Å². The van der Waals surface area contributed by atoms with E-state index in [1.54, 1.807) is 17.7 Å². The highest BCUT2D eigenvalue weighted by Gasteiger charge is 2.08. The van der Waals surface area contributed by atoms with Crippen LogP contribution in [-0.2, 0) is 13.0 Å². The molecular weight excluding hydrogens is 262 g/mol. The summed E-state index contributed by atoms with van der Waals surface area (Å²) < 4.78 is 5.29. The first-order chi connectivity index (χ1) is 9.15. The Morgan fingerprint density at radius 1 is 1.58 bits per heavy atom. The van der Waals surface area contributed by atoms with Crippen molar-refractivity contribution < 1.29 is 14.3 Å². The molecule has 0 aliphatic rings. The van der Waals surface area contributed by atoms with Gasteiger partial charge in [-0.2, -0.15) is 0 Å². The summed E-state index contributed by atoms with van der Waals surface area (Å²) in [7, 11) is 0. The largest absolute Gasteiger partial charge is 0.478 e. The molecule has 102 valence electrons. The molecule has 5 heteroatoms. The molecule has 2 aromatic heterocycles. The molecule has 0 fully saturated rings. The van der Waals surface area contributed by atoms with Crippen LogP contribution in [0.3, 0.4) is 0 Å². The maximum Gasteiger partial charge on any atom is 0.336 e. The molecule has 0 amide bonds. The number of aromatic carboxylic acids is 1. The Hall–Kier alpha value is -1.59. The third kappa shape index (κ3) is 4.22. The minimum atomic E-state index is -0.867. The van der Waals surface area contributed by atoms with Crippen molar-refractivity contribution in [1.29, 1.82) is 0 Å². The summed E-state index contributed by atoms with van der Waals surface area (Å²) in [5, 5.41) is 13.9. The Bertz CT molecular complexity index is 519. The van der Waals surface area contributed by atoms with E-state index in [-0.39, 0.29) is 0 Å². The molecule has 2 aromatic rings. The molecule has 4 nitrogen and oxygen atoms in total. The maximum atomic E-state index is 10.8. The summed E-state index contributed by atoms with van der Waals surface area (Å²) in [5.41, 5.74) is 0.366. The Labute approximate surface area is 116 Å². The number of carboxylic acid groups (broad SMARTS) is 1. The van der Waals surface area contributed by atoms with Gasteiger partial charge >= 0.3 is 5.97 Å². The van der Waals surface area contributed by atoms with Crippen molar-refractivity contribution >= 4 is 17.3 Å². The van der Waals surface area contributed by atoms with E-state index < -0.39 is 5.97 Å². The topological polar surface area (TPSA) is 62.5 Å². The van der Waals surface area contributed by atoms with Crippen molar-refractivity contribution in [2.24, 2.45) is 0 Å². The first-order valence-corrected chi connectivity index (χ1v) is 7.09. The van der Waals surface area contributed by atoms with Crippen molar-refractivity contribution in [3.8, 4) is 0 Å². The van der Waals surface area contributed by atoms with Crippen LogP contribution in [0.1, 0.15) is 34.3 Å². The Morgan fingerprint density at radius 3 is 3.05 bits per heavy atom. The highest BCUT2D eigenvalue weighted by molar-refractivity contribution is 7.10. The molecule has 0 aromatic carbocycles. The second-order valence-corrected chi connectivity index (χ2v) is 5.50. The molecule has 1 unspecified atom stereocenters. The smallest absolute Gasteiger partial charge is 0.336 e. The fourth-order valence-electron chi connectivity index (χ4n) is 1.78. The lowest BCUT2D eigenvalue weighted by molar-refractivity contribution is 0.0697. The highest BCUT2D eigenvalue weighted by atomic mass is 32.1. The summed E-state index contributed by atoms with van der Waals surface area (Å²) in [6, 6.07) is 5.96. The first kappa shape index (κ1) is 13.8. The van der Waals surface area contributed by atoms with Gasteiger partial charge in [0.2, 0.25) is 0 Å². The monoisotopic (exact) mass is 279 g/mol. The van der Waals surface area contributed by atoms with Crippen molar-refractivity contribution in [2.75, 3.05) is 0 Å². The zero-order valence-electron chi connectivity index (χ0n) is 10.8. The number of hydrogen-bond acceptors (Lipinski definition) is 4. The van der Waals surface area contributed by atoms with Gasteiger partial charge in [0.05, 0.1) is 11.8 Å². The first-order valence-electron chi connectivity index (χ1n) is 6.21. The molecule has 19 heavy (non-hydrogen) atoms. The van der Waals surface area contributed by atoms with Gasteiger partial charge in [-0.05, 0) is 31.5 Å². The summed E-state index contributed by atoms with van der Waals surface area (Å²) >= 11 is 1.47. The van der Waals surface area contributed by atoms with Gasteiger partial charge in [0.25, 0.3) is 0 Å². The van der Waals surface area contributed by atoms with Crippen LogP contribution in [0.25, 0.3) is 0 Å². The molecule has 2 rings (SSSR count). The molecule has 2 N–H and O–H groups in total. The number of aryl methyl sites for hydroxylation is 1. The van der Waals surface area contributed by atoms with E-state index in [2.05, 4.69) is 12.2 Å². The fraction of sp³-hybridized carbons (Fsp3) is 0.357. The molecule has 0 aliphatic carbocycles. The molecule has 0 radical (unpaired) electrons. The van der Waals surface area contributed by atoms with E-state index in [1.807, 2.05) is 12.1 Å². The average Bonchev–Trinajstić information content (AvgIpc) is 3.05. The second-order valence-electron chi connectivity index (χ2n) is 4.51. The van der Waals surface area contributed by atoms with E-state index in [4.69, 9.17) is 9.52 Å². The molecule has 0 saturated heterocycles. The van der Waals surface area contributed by atoms with Gasteiger partial charge in [-0.25, -0.2) is 4.79 Å². The van der Waals surface area contributed by atoms with Crippen molar-refractivity contribution in [2.45, 2.75) is 32.4 Å². The number of nitrogens with one attached hydrogen (secondary N) is 1. The summed E-state index contributed by atoms with van der Waals surface area (Å²) in [4.78, 5) is 11.8. The molecule has 0 saturated carbocycles. The average molecular weight is 279 g/mol. The minimum Gasteiger partial charge on any atom is -0.478 e. The number of carbonyl (C=O) groups is 1. The number of furan rings is 1.